The molecule has 0 spiro atoms. The van der Waals surface area contributed by atoms with Crippen LogP contribution in [0, 0.1) is 12.8 Å². The summed E-state index contributed by atoms with van der Waals surface area (Å²) >= 11 is 0. The number of amides is 2. The Morgan fingerprint density at radius 2 is 2.06 bits per heavy atom. The highest BCUT2D eigenvalue weighted by atomic mass is 16.2. The SMILES string of the molecule is CCCNC(=O)N1C[C@@H]2C[C@H](C1)c1ccc(CN(C)Cc3ccnc(C)c3)c(=O)n1C2. The number of carbonyl (C=O) groups excluding carboxylic acids is 1. The third-order valence-electron chi connectivity index (χ3n) is 6.35. The molecule has 31 heavy (non-hydrogen) atoms. The average molecular weight is 424 g/mol. The van der Waals surface area contributed by atoms with Gasteiger partial charge < -0.3 is 14.8 Å². The second kappa shape index (κ2) is 9.22. The van der Waals surface area contributed by atoms with E-state index in [4.69, 9.17) is 0 Å². The predicted octanol–water partition coefficient (Wildman–Crippen LogP) is 2.72. The topological polar surface area (TPSA) is 70.5 Å². The van der Waals surface area contributed by atoms with Gasteiger partial charge in [0, 0.05) is 68.3 Å². The molecule has 0 saturated carbocycles. The zero-order valence-electron chi connectivity index (χ0n) is 18.8. The van der Waals surface area contributed by atoms with Crippen molar-refractivity contribution in [3.8, 4) is 0 Å². The molecule has 4 rings (SSSR count). The van der Waals surface area contributed by atoms with E-state index in [1.54, 1.807) is 0 Å². The highest BCUT2D eigenvalue weighted by Gasteiger charge is 2.36. The first kappa shape index (κ1) is 21.6. The fourth-order valence-electron chi connectivity index (χ4n) is 4.98. The number of likely N-dealkylation sites (tertiary alicyclic amines) is 1. The van der Waals surface area contributed by atoms with E-state index in [2.05, 4.69) is 34.3 Å². The van der Waals surface area contributed by atoms with E-state index in [0.29, 0.717) is 32.1 Å². The van der Waals surface area contributed by atoms with Crippen LogP contribution in [0.1, 0.15) is 48.2 Å². The lowest BCUT2D eigenvalue weighted by Crippen LogP contribution is -2.52. The molecular weight excluding hydrogens is 390 g/mol. The minimum Gasteiger partial charge on any atom is -0.338 e. The maximum Gasteiger partial charge on any atom is 0.317 e. The van der Waals surface area contributed by atoms with Crippen LogP contribution >= 0.6 is 0 Å². The van der Waals surface area contributed by atoms with Crippen molar-refractivity contribution < 1.29 is 4.79 Å². The molecule has 7 nitrogen and oxygen atoms in total. The third-order valence-corrected chi connectivity index (χ3v) is 6.35. The van der Waals surface area contributed by atoms with Gasteiger partial charge in [0.15, 0.2) is 0 Å². The maximum absolute atomic E-state index is 13.3. The number of aromatic nitrogens is 2. The van der Waals surface area contributed by atoms with E-state index in [1.165, 1.54) is 5.56 Å². The molecule has 0 radical (unpaired) electrons. The van der Waals surface area contributed by atoms with Gasteiger partial charge in [-0.25, -0.2) is 4.79 Å². The lowest BCUT2D eigenvalue weighted by molar-refractivity contribution is 0.131. The van der Waals surface area contributed by atoms with Crippen molar-refractivity contribution in [2.75, 3.05) is 26.7 Å². The third kappa shape index (κ3) is 4.82. The first-order chi connectivity index (χ1) is 14.9. The first-order valence-electron chi connectivity index (χ1n) is 11.3. The van der Waals surface area contributed by atoms with Crippen molar-refractivity contribution >= 4 is 6.03 Å². The minimum atomic E-state index is 0.0249. The van der Waals surface area contributed by atoms with Crippen LogP contribution in [0.4, 0.5) is 4.79 Å². The standard InChI is InChI=1S/C24H33N5O2/c1-4-8-26-24(31)28-13-19-11-21(16-28)22-6-5-20(23(30)29(22)14-19)15-27(3)12-18-7-9-25-17(2)10-18/h5-7,9-10,19,21H,4,8,11-16H2,1-3H3,(H,26,31)/t19-,21+/m0/s1. The molecule has 2 aliphatic heterocycles. The van der Waals surface area contributed by atoms with Gasteiger partial charge in [0.05, 0.1) is 0 Å². The molecule has 1 fully saturated rings. The van der Waals surface area contributed by atoms with Crippen molar-refractivity contribution in [2.24, 2.45) is 5.92 Å². The summed E-state index contributed by atoms with van der Waals surface area (Å²) in [4.78, 5) is 34.1. The molecule has 2 aromatic rings. The molecule has 2 bridgehead atoms. The van der Waals surface area contributed by atoms with Gasteiger partial charge in [0.2, 0.25) is 0 Å². The van der Waals surface area contributed by atoms with Crippen molar-refractivity contribution in [3.05, 3.63) is 63.3 Å². The summed E-state index contributed by atoms with van der Waals surface area (Å²) < 4.78 is 1.97. The lowest BCUT2D eigenvalue weighted by Gasteiger charge is -2.42. The van der Waals surface area contributed by atoms with E-state index in [1.807, 2.05) is 41.8 Å². The second-order valence-corrected chi connectivity index (χ2v) is 9.11. The number of carbonyl (C=O) groups is 1. The number of rotatable bonds is 6. The van der Waals surface area contributed by atoms with Gasteiger partial charge in [-0.15, -0.1) is 0 Å². The van der Waals surface area contributed by atoms with Gasteiger partial charge >= 0.3 is 6.03 Å². The number of aryl methyl sites for hydroxylation is 1. The molecule has 2 amide bonds. The van der Waals surface area contributed by atoms with Crippen molar-refractivity contribution in [1.82, 2.24) is 24.7 Å². The zero-order chi connectivity index (χ0) is 22.0. The van der Waals surface area contributed by atoms with Crippen LogP contribution in [-0.2, 0) is 19.6 Å². The summed E-state index contributed by atoms with van der Waals surface area (Å²) in [6.45, 7) is 8.25. The summed E-state index contributed by atoms with van der Waals surface area (Å²) in [6, 6.07) is 8.22. The lowest BCUT2D eigenvalue weighted by atomic mass is 9.83. The second-order valence-electron chi connectivity index (χ2n) is 9.11. The zero-order valence-corrected chi connectivity index (χ0v) is 18.8. The Morgan fingerprint density at radius 1 is 1.23 bits per heavy atom. The Balaban J connectivity index is 1.47. The largest absolute Gasteiger partial charge is 0.338 e. The number of pyridine rings is 2. The number of nitrogens with zero attached hydrogens (tertiary/aromatic N) is 4. The van der Waals surface area contributed by atoms with Gasteiger partial charge in [0.25, 0.3) is 5.56 Å². The molecule has 0 aromatic carbocycles. The monoisotopic (exact) mass is 423 g/mol. The summed E-state index contributed by atoms with van der Waals surface area (Å²) in [6.07, 6.45) is 3.82. The number of hydrogen-bond donors (Lipinski definition) is 1. The number of piperidine rings is 1. The molecular formula is C24H33N5O2. The summed E-state index contributed by atoms with van der Waals surface area (Å²) in [5, 5.41) is 2.99. The van der Waals surface area contributed by atoms with Crippen LogP contribution < -0.4 is 10.9 Å². The Labute approximate surface area is 184 Å². The summed E-state index contributed by atoms with van der Waals surface area (Å²) in [5.41, 5.74) is 4.22. The molecule has 2 atom stereocenters. The van der Waals surface area contributed by atoms with E-state index < -0.39 is 0 Å². The van der Waals surface area contributed by atoms with Crippen LogP contribution in [0.15, 0.2) is 35.3 Å². The van der Waals surface area contributed by atoms with Crippen LogP contribution in [0.3, 0.4) is 0 Å². The Hall–Kier alpha value is -2.67. The Kier molecular flexibility index (Phi) is 6.41. The van der Waals surface area contributed by atoms with Crippen LogP contribution in [-0.4, -0.2) is 52.1 Å². The van der Waals surface area contributed by atoms with Gasteiger partial charge in [-0.05, 0) is 56.5 Å². The van der Waals surface area contributed by atoms with E-state index in [9.17, 15) is 9.59 Å². The molecule has 1 saturated heterocycles. The van der Waals surface area contributed by atoms with Crippen LogP contribution in [0.2, 0.25) is 0 Å². The molecule has 0 aliphatic carbocycles. The van der Waals surface area contributed by atoms with Crippen molar-refractivity contribution in [2.45, 2.75) is 52.2 Å². The quantitative estimate of drug-likeness (QED) is 0.776. The van der Waals surface area contributed by atoms with Gasteiger partial charge in [-0.2, -0.15) is 0 Å². The van der Waals surface area contributed by atoms with Crippen molar-refractivity contribution in [3.63, 3.8) is 0 Å². The fourth-order valence-corrected chi connectivity index (χ4v) is 4.98. The minimum absolute atomic E-state index is 0.0249. The smallest absolute Gasteiger partial charge is 0.317 e. The number of hydrogen-bond acceptors (Lipinski definition) is 4. The van der Waals surface area contributed by atoms with Gasteiger partial charge in [-0.3, -0.25) is 14.7 Å². The molecule has 7 heteroatoms. The predicted molar refractivity (Wildman–Crippen MR) is 121 cm³/mol. The molecule has 2 aromatic heterocycles. The number of fused-ring (bicyclic) bond motifs is 4. The van der Waals surface area contributed by atoms with Gasteiger partial charge in [0.1, 0.15) is 0 Å². The van der Waals surface area contributed by atoms with Crippen LogP contribution in [0.25, 0.3) is 0 Å². The average Bonchev–Trinajstić information content (AvgIpc) is 2.74. The van der Waals surface area contributed by atoms with E-state index >= 15 is 0 Å². The maximum atomic E-state index is 13.3. The Morgan fingerprint density at radius 3 is 2.84 bits per heavy atom. The van der Waals surface area contributed by atoms with Crippen molar-refractivity contribution in [1.29, 1.82) is 0 Å². The van der Waals surface area contributed by atoms with Gasteiger partial charge in [-0.1, -0.05) is 13.0 Å². The normalized spacial score (nSPS) is 19.9. The first-order valence-corrected chi connectivity index (χ1v) is 11.3. The van der Waals surface area contributed by atoms with E-state index in [-0.39, 0.29) is 17.5 Å². The highest BCUT2D eigenvalue weighted by molar-refractivity contribution is 5.74. The Bertz CT molecular complexity index is 1000. The molecule has 2 aliphatic rings. The molecule has 1 N–H and O–H groups in total. The molecule has 166 valence electrons. The number of urea groups is 1. The summed E-state index contributed by atoms with van der Waals surface area (Å²) in [5.74, 6) is 0.572. The summed E-state index contributed by atoms with van der Waals surface area (Å²) in [7, 11) is 2.04. The molecule has 0 unspecified atom stereocenters. The van der Waals surface area contributed by atoms with Crippen LogP contribution in [0.5, 0.6) is 0 Å². The van der Waals surface area contributed by atoms with E-state index in [0.717, 1.165) is 42.9 Å². The fraction of sp³-hybridized carbons (Fsp3) is 0.542. The number of nitrogens with one attached hydrogen (secondary N) is 1. The molecule has 4 heterocycles. The highest BCUT2D eigenvalue weighted by Crippen LogP contribution is 2.35.